The molecule has 0 saturated carbocycles. The molecular formula is C33H40Cl6N4O6. The number of ether oxygens (including phenoxy) is 1. The number of aliphatic hydroxyl groups is 1. The van der Waals surface area contributed by atoms with Gasteiger partial charge in [0.05, 0.1) is 33.3 Å². The molecule has 10 nitrogen and oxygen atoms in total. The molecule has 2 aromatic carbocycles. The zero-order chi connectivity index (χ0) is 37.9. The zero-order valence-electron chi connectivity index (χ0n) is 28.5. The van der Waals surface area contributed by atoms with Gasteiger partial charge in [-0.15, -0.1) is 11.6 Å². The topological polar surface area (TPSA) is 128 Å². The summed E-state index contributed by atoms with van der Waals surface area (Å²) in [6.45, 7) is 7.35. The van der Waals surface area contributed by atoms with Gasteiger partial charge in [0.25, 0.3) is 11.8 Å². The Morgan fingerprint density at radius 3 is 1.49 bits per heavy atom. The van der Waals surface area contributed by atoms with Crippen molar-refractivity contribution in [2.75, 3.05) is 34.6 Å². The number of benzene rings is 2. The monoisotopic (exact) mass is 798 g/mol. The predicted octanol–water partition coefficient (Wildman–Crippen LogP) is 8.59. The van der Waals surface area contributed by atoms with Gasteiger partial charge < -0.3 is 30.3 Å². The third kappa shape index (κ3) is 11.6. The summed E-state index contributed by atoms with van der Waals surface area (Å²) in [5.41, 5.74) is 3.33. The number of aryl methyl sites for hydroxylation is 2. The van der Waals surface area contributed by atoms with Gasteiger partial charge in [0.1, 0.15) is 11.5 Å². The minimum absolute atomic E-state index is 0.0268. The van der Waals surface area contributed by atoms with E-state index in [-0.39, 0.29) is 40.5 Å². The first-order chi connectivity index (χ1) is 22.9. The van der Waals surface area contributed by atoms with Crippen molar-refractivity contribution in [2.24, 2.45) is 0 Å². The number of carbonyl (C=O) groups excluding carboxylic acids is 4. The molecule has 16 heteroatoms. The van der Waals surface area contributed by atoms with Crippen LogP contribution < -0.4 is 10.6 Å². The van der Waals surface area contributed by atoms with E-state index in [1.54, 1.807) is 66.3 Å². The van der Waals surface area contributed by atoms with Gasteiger partial charge in [0.2, 0.25) is 0 Å². The SMILES string of the molecule is CCc1cc(Cl)cc(Cl)c1C1=C(O)C(C)NC1=O.CCc1cc(Cl)cc(Cl)c1C1=C(OC(=O)N(C)C)C(C)NC1=O.CCl.CN(C)C(=O)Cl. The highest BCUT2D eigenvalue weighted by molar-refractivity contribution is 6.62. The molecule has 0 fully saturated rings. The summed E-state index contributed by atoms with van der Waals surface area (Å²) in [5, 5.41) is 16.7. The lowest BCUT2D eigenvalue weighted by molar-refractivity contribution is -0.116. The summed E-state index contributed by atoms with van der Waals surface area (Å²) in [4.78, 5) is 48.6. The zero-order valence-corrected chi connectivity index (χ0v) is 33.1. The van der Waals surface area contributed by atoms with Gasteiger partial charge >= 0.3 is 11.5 Å². The molecule has 0 radical (unpaired) electrons. The summed E-state index contributed by atoms with van der Waals surface area (Å²) in [5.74, 6) is -0.330. The van der Waals surface area contributed by atoms with Crippen molar-refractivity contribution in [3.05, 3.63) is 78.1 Å². The third-order valence-corrected chi connectivity index (χ3v) is 8.28. The largest absolute Gasteiger partial charge is 0.509 e. The first kappa shape index (κ1) is 44.2. The second-order valence-electron chi connectivity index (χ2n) is 10.9. The van der Waals surface area contributed by atoms with Crippen LogP contribution in [-0.4, -0.2) is 84.8 Å². The van der Waals surface area contributed by atoms with Gasteiger partial charge in [-0.25, -0.2) is 4.79 Å². The average Bonchev–Trinajstić information content (AvgIpc) is 3.44. The van der Waals surface area contributed by atoms with Crippen LogP contribution >= 0.6 is 69.6 Å². The van der Waals surface area contributed by atoms with Gasteiger partial charge in [-0.2, -0.15) is 0 Å². The molecule has 2 aliphatic heterocycles. The molecule has 3 N–H and O–H groups in total. The number of hydrogen-bond donors (Lipinski definition) is 3. The molecule has 0 aliphatic carbocycles. The van der Waals surface area contributed by atoms with E-state index >= 15 is 0 Å². The standard InChI is InChI=1S/C16H18Cl2N2O3.C13H13Cl2NO2.C3H6ClNO.CH3Cl/c1-5-9-6-10(17)7-11(18)12(9)13-14(8(2)19-15(13)21)23-16(22)20(3)4;1-3-7-4-8(14)5-9(15)10(7)11-12(17)6(2)16-13(11)18;1-5(2)3(4)6;1-2/h6-8H,5H2,1-4H3,(H,19,21);4-6,17H,3H2,1-2H3,(H,16,18);1-2H3;1H3. The Balaban J connectivity index is 0.000000410. The highest BCUT2D eigenvalue weighted by atomic mass is 35.5. The number of nitrogens with one attached hydrogen (secondary N) is 2. The summed E-state index contributed by atoms with van der Waals surface area (Å²) < 4.78 is 5.40. The number of nitrogens with zero attached hydrogens (tertiary/aromatic N) is 2. The number of amides is 4. The van der Waals surface area contributed by atoms with Crippen LogP contribution in [-0.2, 0) is 27.2 Å². The molecule has 0 aromatic heterocycles. The fourth-order valence-electron chi connectivity index (χ4n) is 4.51. The van der Waals surface area contributed by atoms with E-state index in [4.69, 9.17) is 62.7 Å². The van der Waals surface area contributed by atoms with Crippen LogP contribution in [0.4, 0.5) is 9.59 Å². The summed E-state index contributed by atoms with van der Waals surface area (Å²) >= 11 is 34.0. The maximum atomic E-state index is 12.4. The summed E-state index contributed by atoms with van der Waals surface area (Å²) in [6, 6.07) is 5.87. The molecule has 270 valence electrons. The molecule has 2 heterocycles. The normalized spacial score (nSPS) is 16.3. The van der Waals surface area contributed by atoms with E-state index in [0.29, 0.717) is 44.1 Å². The number of aliphatic hydroxyl groups excluding tert-OH is 1. The van der Waals surface area contributed by atoms with Crippen molar-refractivity contribution in [1.82, 2.24) is 20.4 Å². The molecule has 2 atom stereocenters. The quantitative estimate of drug-likeness (QED) is 0.158. The number of alkyl halides is 1. The molecule has 2 unspecified atom stereocenters. The lowest BCUT2D eigenvalue weighted by Gasteiger charge is -2.16. The predicted molar refractivity (Wildman–Crippen MR) is 200 cm³/mol. The molecule has 49 heavy (non-hydrogen) atoms. The fourth-order valence-corrected chi connectivity index (χ4v) is 5.77. The number of hydrogen-bond acceptors (Lipinski definition) is 6. The van der Waals surface area contributed by atoms with E-state index in [9.17, 15) is 24.3 Å². The first-order valence-corrected chi connectivity index (χ1v) is 17.4. The Hall–Kier alpha value is -2.86. The Morgan fingerprint density at radius 1 is 0.755 bits per heavy atom. The number of carbonyl (C=O) groups is 4. The molecule has 0 bridgehead atoms. The second kappa shape index (κ2) is 20.1. The van der Waals surface area contributed by atoms with Crippen molar-refractivity contribution < 1.29 is 29.0 Å². The molecule has 4 rings (SSSR count). The van der Waals surface area contributed by atoms with Crippen molar-refractivity contribution in [3.63, 3.8) is 0 Å². The Labute approximate surface area is 317 Å². The lowest BCUT2D eigenvalue weighted by atomic mass is 9.97. The molecule has 2 aliphatic rings. The van der Waals surface area contributed by atoms with E-state index < -0.39 is 17.5 Å². The molecule has 0 saturated heterocycles. The highest BCUT2D eigenvalue weighted by Crippen LogP contribution is 2.37. The van der Waals surface area contributed by atoms with E-state index in [2.05, 4.69) is 22.2 Å². The molecule has 0 spiro atoms. The van der Waals surface area contributed by atoms with Crippen molar-refractivity contribution in [2.45, 2.75) is 52.6 Å². The van der Waals surface area contributed by atoms with E-state index in [1.165, 1.54) is 16.2 Å². The maximum Gasteiger partial charge on any atom is 0.414 e. The van der Waals surface area contributed by atoms with Crippen LogP contribution in [0.1, 0.15) is 49.9 Å². The molecular weight excluding hydrogens is 761 g/mol. The lowest BCUT2D eigenvalue weighted by Crippen LogP contribution is -2.29. The van der Waals surface area contributed by atoms with Crippen LogP contribution in [0.5, 0.6) is 0 Å². The van der Waals surface area contributed by atoms with Crippen molar-refractivity contribution in [1.29, 1.82) is 0 Å². The minimum atomic E-state index is -0.552. The van der Waals surface area contributed by atoms with Gasteiger partial charge in [-0.1, -0.05) is 60.3 Å². The van der Waals surface area contributed by atoms with Gasteiger partial charge in [-0.3, -0.25) is 14.4 Å². The Bertz CT molecular complexity index is 1630. The van der Waals surface area contributed by atoms with Crippen LogP contribution in [0.2, 0.25) is 20.1 Å². The second-order valence-corrected chi connectivity index (χ2v) is 12.9. The average molecular weight is 801 g/mol. The third-order valence-electron chi connectivity index (χ3n) is 6.90. The fraction of sp³-hybridized carbons (Fsp3) is 0.394. The van der Waals surface area contributed by atoms with Crippen molar-refractivity contribution >= 4 is 104 Å². The van der Waals surface area contributed by atoms with Crippen LogP contribution in [0, 0.1) is 0 Å². The smallest absolute Gasteiger partial charge is 0.414 e. The van der Waals surface area contributed by atoms with E-state index in [0.717, 1.165) is 11.1 Å². The van der Waals surface area contributed by atoms with Crippen LogP contribution in [0.25, 0.3) is 11.1 Å². The van der Waals surface area contributed by atoms with E-state index in [1.807, 2.05) is 13.8 Å². The first-order valence-electron chi connectivity index (χ1n) is 14.7. The minimum Gasteiger partial charge on any atom is -0.509 e. The Morgan fingerprint density at radius 2 is 1.14 bits per heavy atom. The van der Waals surface area contributed by atoms with Gasteiger partial charge in [-0.05, 0) is 73.7 Å². The Kier molecular flexibility index (Phi) is 18.1. The van der Waals surface area contributed by atoms with Gasteiger partial charge in [0, 0.05) is 55.7 Å². The number of rotatable bonds is 5. The highest BCUT2D eigenvalue weighted by Gasteiger charge is 2.36. The van der Waals surface area contributed by atoms with Crippen LogP contribution in [0.15, 0.2) is 35.8 Å². The summed E-state index contributed by atoms with van der Waals surface area (Å²) in [6.07, 6.45) is 2.23. The number of halogens is 6. The summed E-state index contributed by atoms with van der Waals surface area (Å²) in [7, 11) is 6.33. The van der Waals surface area contributed by atoms with Gasteiger partial charge in [0.15, 0.2) is 0 Å². The van der Waals surface area contributed by atoms with Crippen LogP contribution in [0.3, 0.4) is 0 Å². The van der Waals surface area contributed by atoms with Crippen molar-refractivity contribution in [3.8, 4) is 0 Å². The maximum absolute atomic E-state index is 12.4. The molecule has 4 amide bonds. The molecule has 2 aromatic rings.